The summed E-state index contributed by atoms with van der Waals surface area (Å²) in [4.78, 5) is 0. The van der Waals surface area contributed by atoms with Gasteiger partial charge in [-0.25, -0.2) is 8.42 Å². The van der Waals surface area contributed by atoms with E-state index in [1.165, 1.54) is 15.9 Å². The van der Waals surface area contributed by atoms with Crippen molar-refractivity contribution in [1.29, 1.82) is 0 Å². The van der Waals surface area contributed by atoms with E-state index in [4.69, 9.17) is 31.9 Å². The Balaban J connectivity index is 0.000000579. The first-order chi connectivity index (χ1) is 22.9. The quantitative estimate of drug-likeness (QED) is 0.0895. The predicted octanol–water partition coefficient (Wildman–Crippen LogP) is 6.86. The molecule has 1 atom stereocenters. The van der Waals surface area contributed by atoms with Gasteiger partial charge in [0.15, 0.2) is 10.1 Å². The molecule has 5 rings (SSSR count). The summed E-state index contributed by atoms with van der Waals surface area (Å²) in [5.74, 6) is 2.90. The minimum absolute atomic E-state index is 0.165. The number of methoxy groups -OCH3 is 4. The van der Waals surface area contributed by atoms with Gasteiger partial charge in [-0.3, -0.25) is 0 Å². The van der Waals surface area contributed by atoms with Gasteiger partial charge in [0.1, 0.15) is 51.8 Å². The van der Waals surface area contributed by atoms with Crippen LogP contribution in [0.2, 0.25) is 0 Å². The van der Waals surface area contributed by atoms with E-state index in [0.29, 0.717) is 17.2 Å². The van der Waals surface area contributed by atoms with Crippen LogP contribution in [0.3, 0.4) is 0 Å². The molecular weight excluding hydrogens is 664 g/mol. The van der Waals surface area contributed by atoms with Crippen LogP contribution in [0.1, 0.15) is 16.8 Å². The molecule has 7 nitrogen and oxygen atoms in total. The Labute approximate surface area is 279 Å². The highest BCUT2D eigenvalue weighted by Gasteiger charge is 2.55. The Morgan fingerprint density at radius 1 is 0.583 bits per heavy atom. The van der Waals surface area contributed by atoms with Crippen molar-refractivity contribution in [3.8, 4) is 23.0 Å². The summed E-state index contributed by atoms with van der Waals surface area (Å²) >= 11 is 0. The Kier molecular flexibility index (Phi) is 11.8. The topological polar surface area (TPSA) is 94.1 Å². The van der Waals surface area contributed by atoms with Crippen LogP contribution in [-0.4, -0.2) is 46.9 Å². The lowest BCUT2D eigenvalue weighted by molar-refractivity contribution is -0.0517. The largest absolute Gasteiger partial charge is 0.741 e. The molecule has 0 N–H and O–H groups in total. The maximum absolute atomic E-state index is 10.7. The van der Waals surface area contributed by atoms with Gasteiger partial charge in [0.25, 0.3) is 0 Å². The standard InChI is InChI=1S/C35H34O4P.CHF3O3S/c1-36-27-22-20-26(21-23-27)35(34-32(38-3)24-28(37-2)25-33(34)39-4)40(29-14-8-5-9-15-29,30-16-10-6-11-17-30)31-18-12-7-13-19-31;2-1(3,4)8(5,6)7/h5-25,35H,1-4H3;(H,5,6,7)/q+1;/p-1. The van der Waals surface area contributed by atoms with Gasteiger partial charge in [-0.1, -0.05) is 66.7 Å². The second-order valence-electron chi connectivity index (χ2n) is 10.3. The molecule has 0 spiro atoms. The van der Waals surface area contributed by atoms with Crippen LogP contribution in [0.15, 0.2) is 127 Å². The van der Waals surface area contributed by atoms with Crippen molar-refractivity contribution < 1.29 is 45.1 Å². The number of hydrogen-bond acceptors (Lipinski definition) is 7. The molecule has 1 unspecified atom stereocenters. The summed E-state index contributed by atoms with van der Waals surface area (Å²) in [6.45, 7) is 0. The molecule has 252 valence electrons. The maximum atomic E-state index is 10.7. The van der Waals surface area contributed by atoms with Crippen LogP contribution in [-0.2, 0) is 10.1 Å². The van der Waals surface area contributed by atoms with Crippen LogP contribution in [0, 0.1) is 0 Å². The molecule has 5 aromatic rings. The lowest BCUT2D eigenvalue weighted by atomic mass is 10.0. The molecule has 0 heterocycles. The van der Waals surface area contributed by atoms with Gasteiger partial charge >= 0.3 is 5.51 Å². The number of alkyl halides is 3. The molecule has 0 aliphatic rings. The molecule has 48 heavy (non-hydrogen) atoms. The SMILES string of the molecule is COc1ccc(C(c2c(OC)cc(OC)cc2OC)[P+](c2ccccc2)(c2ccccc2)c2ccccc2)cc1.O=S(=O)([O-])C(F)(F)F. The Morgan fingerprint density at radius 2 is 0.938 bits per heavy atom. The van der Waals surface area contributed by atoms with Crippen LogP contribution < -0.4 is 34.9 Å². The van der Waals surface area contributed by atoms with Gasteiger partial charge < -0.3 is 23.5 Å². The van der Waals surface area contributed by atoms with E-state index in [1.807, 2.05) is 24.3 Å². The molecular formula is C36H34F3O7PS. The summed E-state index contributed by atoms with van der Waals surface area (Å²) in [6, 6.07) is 44.8. The zero-order valence-corrected chi connectivity index (χ0v) is 28.3. The number of halogens is 3. The van der Waals surface area contributed by atoms with Gasteiger partial charge in [0.05, 0.1) is 34.0 Å². The summed E-state index contributed by atoms with van der Waals surface area (Å²) in [7, 11) is -1.81. The van der Waals surface area contributed by atoms with Gasteiger partial charge in [-0.2, -0.15) is 13.2 Å². The summed E-state index contributed by atoms with van der Waals surface area (Å²) < 4.78 is 82.3. The normalized spacial score (nSPS) is 12.2. The van der Waals surface area contributed by atoms with Crippen molar-refractivity contribution in [2.24, 2.45) is 0 Å². The summed E-state index contributed by atoms with van der Waals surface area (Å²) in [5, 5.41) is 3.77. The Morgan fingerprint density at radius 3 is 1.23 bits per heavy atom. The van der Waals surface area contributed by atoms with Crippen molar-refractivity contribution in [2.75, 3.05) is 28.4 Å². The van der Waals surface area contributed by atoms with Crippen molar-refractivity contribution in [3.05, 3.63) is 139 Å². The lowest BCUT2D eigenvalue weighted by Crippen LogP contribution is -2.36. The molecule has 0 saturated heterocycles. The van der Waals surface area contributed by atoms with Crippen molar-refractivity contribution in [3.63, 3.8) is 0 Å². The van der Waals surface area contributed by atoms with Crippen molar-refractivity contribution in [1.82, 2.24) is 0 Å². The predicted molar refractivity (Wildman–Crippen MR) is 182 cm³/mol. The molecule has 0 amide bonds. The van der Waals surface area contributed by atoms with E-state index in [1.54, 1.807) is 28.4 Å². The third-order valence-electron chi connectivity index (χ3n) is 7.62. The molecule has 0 bridgehead atoms. The highest BCUT2D eigenvalue weighted by molar-refractivity contribution is 7.96. The number of benzene rings is 5. The zero-order chi connectivity index (χ0) is 35.0. The number of hydrogen-bond donors (Lipinski definition) is 0. The second kappa shape index (κ2) is 15.6. The smallest absolute Gasteiger partial charge is 0.485 e. The van der Waals surface area contributed by atoms with Crippen LogP contribution in [0.25, 0.3) is 0 Å². The zero-order valence-electron chi connectivity index (χ0n) is 26.5. The van der Waals surface area contributed by atoms with E-state index < -0.39 is 22.9 Å². The Hall–Kier alpha value is -4.57. The van der Waals surface area contributed by atoms with E-state index in [2.05, 4.69) is 103 Å². The fourth-order valence-electron chi connectivity index (χ4n) is 5.56. The van der Waals surface area contributed by atoms with Crippen molar-refractivity contribution in [2.45, 2.75) is 11.2 Å². The first kappa shape index (κ1) is 36.3. The van der Waals surface area contributed by atoms with Gasteiger partial charge in [-0.15, -0.1) is 0 Å². The van der Waals surface area contributed by atoms with Crippen LogP contribution in [0.4, 0.5) is 13.2 Å². The highest BCUT2D eigenvalue weighted by Crippen LogP contribution is 2.71. The first-order valence-corrected chi connectivity index (χ1v) is 17.7. The molecule has 0 fully saturated rings. The average molecular weight is 699 g/mol. The molecule has 0 aromatic heterocycles. The molecule has 0 aliphatic carbocycles. The van der Waals surface area contributed by atoms with Crippen LogP contribution in [0.5, 0.6) is 23.0 Å². The maximum Gasteiger partial charge on any atom is 0.485 e. The van der Waals surface area contributed by atoms with E-state index >= 15 is 0 Å². The molecule has 12 heteroatoms. The number of ether oxygens (including phenoxy) is 4. The molecule has 0 saturated carbocycles. The minimum atomic E-state index is -6.09. The van der Waals surface area contributed by atoms with Gasteiger partial charge in [0, 0.05) is 12.1 Å². The summed E-state index contributed by atoms with van der Waals surface area (Å²) in [5.41, 5.74) is -3.71. The third-order valence-corrected chi connectivity index (χ3v) is 12.9. The van der Waals surface area contributed by atoms with E-state index in [9.17, 15) is 13.2 Å². The minimum Gasteiger partial charge on any atom is -0.741 e. The fourth-order valence-corrected chi connectivity index (χ4v) is 10.5. The van der Waals surface area contributed by atoms with Crippen LogP contribution >= 0.6 is 7.26 Å². The first-order valence-electron chi connectivity index (χ1n) is 14.4. The Bertz CT molecular complexity index is 1750. The monoisotopic (exact) mass is 698 g/mol. The number of rotatable bonds is 10. The van der Waals surface area contributed by atoms with Gasteiger partial charge in [0.2, 0.25) is 0 Å². The van der Waals surface area contributed by atoms with E-state index in [-0.39, 0.29) is 5.66 Å². The third kappa shape index (κ3) is 7.59. The fraction of sp³-hybridized carbons (Fsp3) is 0.167. The highest BCUT2D eigenvalue weighted by atomic mass is 32.2. The molecule has 0 radical (unpaired) electrons. The van der Waals surface area contributed by atoms with Gasteiger partial charge in [-0.05, 0) is 54.1 Å². The molecule has 5 aromatic carbocycles. The lowest BCUT2D eigenvalue weighted by Gasteiger charge is -2.36. The van der Waals surface area contributed by atoms with E-state index in [0.717, 1.165) is 16.9 Å². The second-order valence-corrected chi connectivity index (χ2v) is 15.1. The summed E-state index contributed by atoms with van der Waals surface area (Å²) in [6.07, 6.45) is 0. The van der Waals surface area contributed by atoms with Crippen molar-refractivity contribution >= 4 is 33.3 Å². The average Bonchev–Trinajstić information content (AvgIpc) is 3.10. The molecule has 0 aliphatic heterocycles.